The Hall–Kier alpha value is -0.450. The van der Waals surface area contributed by atoms with Crippen LogP contribution in [0.1, 0.15) is 68.0 Å². The Morgan fingerprint density at radius 3 is 2.63 bits per heavy atom. The highest BCUT2D eigenvalue weighted by Crippen LogP contribution is 2.44. The average Bonchev–Trinajstić information content (AvgIpc) is 3.26. The fourth-order valence-corrected chi connectivity index (χ4v) is 3.53. The molecule has 1 N–H and O–H groups in total. The van der Waals surface area contributed by atoms with Gasteiger partial charge in [0.05, 0.1) is 5.69 Å². The molecule has 19 heavy (non-hydrogen) atoms. The van der Waals surface area contributed by atoms with E-state index >= 15 is 0 Å². The van der Waals surface area contributed by atoms with Gasteiger partial charge in [-0.2, -0.15) is 0 Å². The molecule has 2 saturated carbocycles. The minimum absolute atomic E-state index is 0.249. The van der Waals surface area contributed by atoms with Gasteiger partial charge in [-0.3, -0.25) is 0 Å². The standard InChI is InChI=1S/C15H24N2OS/c1-4-18-15(2,3)14-17-13(10-5-6-10)12(19-14)9-16-11-7-8-11/h10-11,16H,4-9H2,1-3H3. The Labute approximate surface area is 119 Å². The summed E-state index contributed by atoms with van der Waals surface area (Å²) in [4.78, 5) is 6.36. The van der Waals surface area contributed by atoms with Crippen LogP contribution in [0.5, 0.6) is 0 Å². The molecule has 0 spiro atoms. The quantitative estimate of drug-likeness (QED) is 0.829. The highest BCUT2D eigenvalue weighted by Gasteiger charge is 2.34. The number of hydrogen-bond acceptors (Lipinski definition) is 4. The molecule has 0 aliphatic heterocycles. The molecule has 0 bridgehead atoms. The van der Waals surface area contributed by atoms with E-state index in [9.17, 15) is 0 Å². The van der Waals surface area contributed by atoms with Crippen molar-refractivity contribution in [3.63, 3.8) is 0 Å². The normalized spacial score (nSPS) is 19.9. The lowest BCUT2D eigenvalue weighted by atomic mass is 10.1. The minimum Gasteiger partial charge on any atom is -0.369 e. The summed E-state index contributed by atoms with van der Waals surface area (Å²) in [6.07, 6.45) is 5.31. The number of hydrogen-bond donors (Lipinski definition) is 1. The van der Waals surface area contributed by atoms with Gasteiger partial charge in [0.2, 0.25) is 0 Å². The van der Waals surface area contributed by atoms with Crippen LogP contribution < -0.4 is 5.32 Å². The van der Waals surface area contributed by atoms with Crippen molar-refractivity contribution in [2.24, 2.45) is 0 Å². The summed E-state index contributed by atoms with van der Waals surface area (Å²) in [6.45, 7) is 8.04. The number of nitrogens with zero attached hydrogens (tertiary/aromatic N) is 1. The van der Waals surface area contributed by atoms with E-state index in [1.165, 1.54) is 36.3 Å². The zero-order valence-electron chi connectivity index (χ0n) is 12.2. The molecule has 4 heteroatoms. The number of aromatic nitrogens is 1. The van der Waals surface area contributed by atoms with Crippen molar-refractivity contribution >= 4 is 11.3 Å². The van der Waals surface area contributed by atoms with E-state index in [1.54, 1.807) is 0 Å². The summed E-state index contributed by atoms with van der Waals surface area (Å²) < 4.78 is 5.85. The molecule has 0 atom stereocenters. The largest absolute Gasteiger partial charge is 0.369 e. The van der Waals surface area contributed by atoms with E-state index < -0.39 is 0 Å². The van der Waals surface area contributed by atoms with E-state index in [-0.39, 0.29) is 5.60 Å². The van der Waals surface area contributed by atoms with E-state index in [1.807, 2.05) is 18.3 Å². The van der Waals surface area contributed by atoms with Crippen LogP contribution >= 0.6 is 11.3 Å². The third-order valence-corrected chi connectivity index (χ3v) is 5.22. The first kappa shape index (κ1) is 13.5. The van der Waals surface area contributed by atoms with Gasteiger partial charge in [0, 0.05) is 30.0 Å². The first-order valence-corrected chi connectivity index (χ1v) is 8.29. The second kappa shape index (κ2) is 5.15. The fourth-order valence-electron chi connectivity index (χ4n) is 2.37. The van der Waals surface area contributed by atoms with Crippen LogP contribution in [0.2, 0.25) is 0 Å². The van der Waals surface area contributed by atoms with Crippen LogP contribution in [0.3, 0.4) is 0 Å². The Morgan fingerprint density at radius 1 is 1.32 bits per heavy atom. The van der Waals surface area contributed by atoms with E-state index in [0.717, 1.165) is 30.1 Å². The van der Waals surface area contributed by atoms with Crippen molar-refractivity contribution in [3.05, 3.63) is 15.6 Å². The highest BCUT2D eigenvalue weighted by molar-refractivity contribution is 7.11. The van der Waals surface area contributed by atoms with Crippen molar-refractivity contribution in [3.8, 4) is 0 Å². The van der Waals surface area contributed by atoms with Crippen LogP contribution in [-0.4, -0.2) is 17.6 Å². The van der Waals surface area contributed by atoms with Crippen LogP contribution in [0.4, 0.5) is 0 Å². The van der Waals surface area contributed by atoms with Gasteiger partial charge in [-0.25, -0.2) is 4.98 Å². The van der Waals surface area contributed by atoms with Gasteiger partial charge >= 0.3 is 0 Å². The van der Waals surface area contributed by atoms with Gasteiger partial charge in [-0.05, 0) is 46.5 Å². The number of ether oxygens (including phenoxy) is 1. The Morgan fingerprint density at radius 2 is 2.05 bits per heavy atom. The summed E-state index contributed by atoms with van der Waals surface area (Å²) in [5, 5.41) is 4.76. The molecule has 2 aliphatic carbocycles. The summed E-state index contributed by atoms with van der Waals surface area (Å²) in [5.41, 5.74) is 1.10. The van der Waals surface area contributed by atoms with Crippen molar-refractivity contribution in [2.45, 2.75) is 70.6 Å². The summed E-state index contributed by atoms with van der Waals surface area (Å²) in [6, 6.07) is 0.762. The number of thiazole rings is 1. The van der Waals surface area contributed by atoms with Gasteiger partial charge in [0.25, 0.3) is 0 Å². The highest BCUT2D eigenvalue weighted by atomic mass is 32.1. The second-order valence-corrected chi connectivity index (χ2v) is 7.28. The first-order chi connectivity index (χ1) is 9.10. The molecular formula is C15H24N2OS. The molecule has 1 aromatic rings. The van der Waals surface area contributed by atoms with Crippen molar-refractivity contribution in [1.29, 1.82) is 0 Å². The Bertz CT molecular complexity index is 447. The molecular weight excluding hydrogens is 256 g/mol. The molecule has 0 aromatic carbocycles. The molecule has 2 aliphatic rings. The maximum atomic E-state index is 5.85. The molecule has 3 rings (SSSR count). The number of nitrogens with one attached hydrogen (secondary N) is 1. The third-order valence-electron chi connectivity index (χ3n) is 3.84. The zero-order chi connectivity index (χ0) is 13.5. The van der Waals surface area contributed by atoms with E-state index in [4.69, 9.17) is 9.72 Å². The SMILES string of the molecule is CCOC(C)(C)c1nc(C2CC2)c(CNC2CC2)s1. The first-order valence-electron chi connectivity index (χ1n) is 7.47. The minimum atomic E-state index is -0.249. The molecule has 0 radical (unpaired) electrons. The topological polar surface area (TPSA) is 34.1 Å². The zero-order valence-corrected chi connectivity index (χ0v) is 13.0. The molecule has 0 unspecified atom stereocenters. The predicted octanol–water partition coefficient (Wildman–Crippen LogP) is 3.54. The molecule has 1 aromatic heterocycles. The molecule has 3 nitrogen and oxygen atoms in total. The summed E-state index contributed by atoms with van der Waals surface area (Å²) in [5.74, 6) is 0.721. The summed E-state index contributed by atoms with van der Waals surface area (Å²) in [7, 11) is 0. The monoisotopic (exact) mass is 280 g/mol. The maximum Gasteiger partial charge on any atom is 0.125 e. The average molecular weight is 280 g/mol. The lowest BCUT2D eigenvalue weighted by Crippen LogP contribution is -2.21. The van der Waals surface area contributed by atoms with Gasteiger partial charge in [-0.1, -0.05) is 0 Å². The lowest BCUT2D eigenvalue weighted by molar-refractivity contribution is -0.0142. The molecule has 106 valence electrons. The van der Waals surface area contributed by atoms with Gasteiger partial charge < -0.3 is 10.1 Å². The van der Waals surface area contributed by atoms with Crippen molar-refractivity contribution in [1.82, 2.24) is 10.3 Å². The van der Waals surface area contributed by atoms with Crippen molar-refractivity contribution < 1.29 is 4.74 Å². The molecule has 0 amide bonds. The van der Waals surface area contributed by atoms with E-state index in [2.05, 4.69) is 19.2 Å². The van der Waals surface area contributed by atoms with Crippen LogP contribution in [0.25, 0.3) is 0 Å². The van der Waals surface area contributed by atoms with Crippen molar-refractivity contribution in [2.75, 3.05) is 6.61 Å². The Kier molecular flexibility index (Phi) is 3.67. The molecule has 0 saturated heterocycles. The number of rotatable bonds is 7. The smallest absolute Gasteiger partial charge is 0.125 e. The van der Waals surface area contributed by atoms with Gasteiger partial charge in [-0.15, -0.1) is 11.3 Å². The van der Waals surface area contributed by atoms with Crippen LogP contribution in [0.15, 0.2) is 0 Å². The second-order valence-electron chi connectivity index (χ2n) is 6.20. The maximum absolute atomic E-state index is 5.85. The summed E-state index contributed by atoms with van der Waals surface area (Å²) >= 11 is 1.85. The predicted molar refractivity (Wildman–Crippen MR) is 78.6 cm³/mol. The van der Waals surface area contributed by atoms with Gasteiger partial charge in [0.1, 0.15) is 10.6 Å². The molecule has 1 heterocycles. The lowest BCUT2D eigenvalue weighted by Gasteiger charge is -2.21. The molecule has 2 fully saturated rings. The van der Waals surface area contributed by atoms with Gasteiger partial charge in [0.15, 0.2) is 0 Å². The fraction of sp³-hybridized carbons (Fsp3) is 0.800. The van der Waals surface area contributed by atoms with Crippen LogP contribution in [0, 0.1) is 0 Å². The third kappa shape index (κ3) is 3.18. The van der Waals surface area contributed by atoms with Crippen LogP contribution in [-0.2, 0) is 16.9 Å². The van der Waals surface area contributed by atoms with E-state index in [0.29, 0.717) is 0 Å². The Balaban J connectivity index is 1.78.